The molecule has 0 spiro atoms. The topological polar surface area (TPSA) is 78.6 Å². The van der Waals surface area contributed by atoms with E-state index in [0.29, 0.717) is 23.5 Å². The average molecular weight is 287 g/mol. The molecule has 2 N–H and O–H groups in total. The summed E-state index contributed by atoms with van der Waals surface area (Å²) in [7, 11) is -0.0920. The van der Waals surface area contributed by atoms with Gasteiger partial charge < -0.3 is 15.2 Å². The summed E-state index contributed by atoms with van der Waals surface area (Å²) >= 11 is 0. The van der Waals surface area contributed by atoms with Crippen molar-refractivity contribution in [2.75, 3.05) is 20.0 Å². The van der Waals surface area contributed by atoms with E-state index >= 15 is 0 Å². The molecular weight excluding hydrogens is 266 g/mol. The van der Waals surface area contributed by atoms with Gasteiger partial charge in [-0.1, -0.05) is 6.07 Å². The minimum atomic E-state index is -3.15. The SMILES string of the molecule is COc1ccc(CS(=O)(=O)CCC(C)N)cc1OC. The van der Waals surface area contributed by atoms with Crippen molar-refractivity contribution in [2.24, 2.45) is 5.73 Å². The fourth-order valence-corrected chi connectivity index (χ4v) is 3.22. The zero-order chi connectivity index (χ0) is 14.5. The second-order valence-corrected chi connectivity index (χ2v) is 6.73. The minimum Gasteiger partial charge on any atom is -0.493 e. The number of nitrogens with two attached hydrogens (primary N) is 1. The molecule has 0 radical (unpaired) electrons. The number of ether oxygens (including phenoxy) is 2. The highest BCUT2D eigenvalue weighted by molar-refractivity contribution is 7.90. The van der Waals surface area contributed by atoms with Crippen LogP contribution in [0.15, 0.2) is 18.2 Å². The van der Waals surface area contributed by atoms with Gasteiger partial charge in [0.05, 0.1) is 25.7 Å². The average Bonchev–Trinajstić information content (AvgIpc) is 2.36. The van der Waals surface area contributed by atoms with Crippen LogP contribution in [-0.2, 0) is 15.6 Å². The van der Waals surface area contributed by atoms with Crippen LogP contribution in [0.3, 0.4) is 0 Å². The standard InChI is InChI=1S/C13H21NO4S/c1-10(14)6-7-19(15,16)9-11-4-5-12(17-2)13(8-11)18-3/h4-5,8,10H,6-7,9,14H2,1-3H3. The molecule has 0 aromatic heterocycles. The smallest absolute Gasteiger partial charge is 0.161 e. The number of benzene rings is 1. The molecule has 5 nitrogen and oxygen atoms in total. The first-order valence-electron chi connectivity index (χ1n) is 6.05. The third-order valence-electron chi connectivity index (χ3n) is 2.72. The van der Waals surface area contributed by atoms with Crippen molar-refractivity contribution in [1.82, 2.24) is 0 Å². The number of methoxy groups -OCH3 is 2. The summed E-state index contributed by atoms with van der Waals surface area (Å²) in [5, 5.41) is 0. The Bertz CT molecular complexity index is 511. The zero-order valence-corrected chi connectivity index (χ0v) is 12.4. The predicted octanol–water partition coefficient (Wildman–Crippen LogP) is 1.36. The number of hydrogen-bond acceptors (Lipinski definition) is 5. The molecule has 0 fully saturated rings. The van der Waals surface area contributed by atoms with Gasteiger partial charge in [0.15, 0.2) is 21.3 Å². The summed E-state index contributed by atoms with van der Waals surface area (Å²) in [5.41, 5.74) is 6.26. The largest absolute Gasteiger partial charge is 0.493 e. The lowest BCUT2D eigenvalue weighted by atomic mass is 10.2. The van der Waals surface area contributed by atoms with Crippen LogP contribution in [0.5, 0.6) is 11.5 Å². The van der Waals surface area contributed by atoms with E-state index < -0.39 is 9.84 Å². The fraction of sp³-hybridized carbons (Fsp3) is 0.538. The molecule has 1 unspecified atom stereocenters. The highest BCUT2D eigenvalue weighted by Crippen LogP contribution is 2.28. The van der Waals surface area contributed by atoms with E-state index in [0.717, 1.165) is 0 Å². The van der Waals surface area contributed by atoms with Gasteiger partial charge in [-0.2, -0.15) is 0 Å². The van der Waals surface area contributed by atoms with Gasteiger partial charge in [-0.15, -0.1) is 0 Å². The molecule has 1 aromatic rings. The van der Waals surface area contributed by atoms with Crippen molar-refractivity contribution < 1.29 is 17.9 Å². The van der Waals surface area contributed by atoms with Gasteiger partial charge in [0, 0.05) is 6.04 Å². The Morgan fingerprint density at radius 2 is 1.84 bits per heavy atom. The summed E-state index contributed by atoms with van der Waals surface area (Å²) in [6.45, 7) is 1.80. The van der Waals surface area contributed by atoms with Gasteiger partial charge in [-0.25, -0.2) is 8.42 Å². The monoisotopic (exact) mass is 287 g/mol. The maximum absolute atomic E-state index is 11.9. The first kappa shape index (κ1) is 15.8. The van der Waals surface area contributed by atoms with Crippen molar-refractivity contribution in [3.63, 3.8) is 0 Å². The first-order chi connectivity index (χ1) is 8.88. The van der Waals surface area contributed by atoms with Crippen molar-refractivity contribution in [1.29, 1.82) is 0 Å². The molecule has 0 bridgehead atoms. The van der Waals surface area contributed by atoms with Crippen LogP contribution in [0.1, 0.15) is 18.9 Å². The Labute approximate surface area is 114 Å². The molecule has 19 heavy (non-hydrogen) atoms. The Morgan fingerprint density at radius 3 is 2.37 bits per heavy atom. The maximum Gasteiger partial charge on any atom is 0.161 e. The van der Waals surface area contributed by atoms with Crippen LogP contribution in [0, 0.1) is 0 Å². The highest BCUT2D eigenvalue weighted by atomic mass is 32.2. The molecule has 1 aromatic carbocycles. The summed E-state index contributed by atoms with van der Waals surface area (Å²) in [6, 6.07) is 5.00. The molecule has 0 aliphatic carbocycles. The Balaban J connectivity index is 2.82. The normalized spacial score (nSPS) is 13.1. The molecule has 0 saturated carbocycles. The zero-order valence-electron chi connectivity index (χ0n) is 11.5. The Morgan fingerprint density at radius 1 is 1.21 bits per heavy atom. The predicted molar refractivity (Wildman–Crippen MR) is 75.3 cm³/mol. The van der Waals surface area contributed by atoms with Crippen molar-refractivity contribution in [3.8, 4) is 11.5 Å². The van der Waals surface area contributed by atoms with Crippen LogP contribution in [0.25, 0.3) is 0 Å². The van der Waals surface area contributed by atoms with Gasteiger partial charge in [0.25, 0.3) is 0 Å². The Hall–Kier alpha value is -1.27. The Kier molecular flexibility index (Phi) is 5.62. The van der Waals surface area contributed by atoms with Gasteiger partial charge in [0.1, 0.15) is 0 Å². The molecule has 1 atom stereocenters. The molecule has 0 saturated heterocycles. The molecule has 0 aliphatic rings. The number of hydrogen-bond donors (Lipinski definition) is 1. The van der Waals surface area contributed by atoms with Crippen molar-refractivity contribution in [2.45, 2.75) is 25.1 Å². The van der Waals surface area contributed by atoms with E-state index in [4.69, 9.17) is 15.2 Å². The second kappa shape index (κ2) is 6.77. The van der Waals surface area contributed by atoms with E-state index in [-0.39, 0.29) is 17.5 Å². The van der Waals surface area contributed by atoms with Crippen LogP contribution < -0.4 is 15.2 Å². The summed E-state index contributed by atoms with van der Waals surface area (Å²) in [4.78, 5) is 0. The first-order valence-corrected chi connectivity index (χ1v) is 7.87. The van der Waals surface area contributed by atoms with Crippen LogP contribution >= 0.6 is 0 Å². The number of sulfone groups is 1. The third-order valence-corrected chi connectivity index (χ3v) is 4.35. The number of rotatable bonds is 7. The third kappa shape index (κ3) is 5.08. The molecular formula is C13H21NO4S. The molecule has 0 amide bonds. The van der Waals surface area contributed by atoms with Crippen molar-refractivity contribution in [3.05, 3.63) is 23.8 Å². The molecule has 0 aliphatic heterocycles. The van der Waals surface area contributed by atoms with Crippen LogP contribution in [0.4, 0.5) is 0 Å². The van der Waals surface area contributed by atoms with E-state index in [1.54, 1.807) is 25.1 Å². The lowest BCUT2D eigenvalue weighted by molar-refractivity contribution is 0.354. The highest BCUT2D eigenvalue weighted by Gasteiger charge is 2.14. The second-order valence-electron chi connectivity index (χ2n) is 4.55. The molecule has 6 heteroatoms. The minimum absolute atomic E-state index is 0.0138. The van der Waals surface area contributed by atoms with Crippen LogP contribution in [-0.4, -0.2) is 34.4 Å². The lowest BCUT2D eigenvalue weighted by Crippen LogP contribution is -2.20. The molecule has 1 rings (SSSR count). The van der Waals surface area contributed by atoms with Gasteiger partial charge in [-0.05, 0) is 31.0 Å². The van der Waals surface area contributed by atoms with E-state index in [1.807, 2.05) is 0 Å². The molecule has 108 valence electrons. The molecule has 0 heterocycles. The van der Waals surface area contributed by atoms with Gasteiger partial charge >= 0.3 is 0 Å². The summed E-state index contributed by atoms with van der Waals surface area (Å²) in [6.07, 6.45) is 0.468. The quantitative estimate of drug-likeness (QED) is 0.819. The summed E-state index contributed by atoms with van der Waals surface area (Å²) in [5.74, 6) is 1.20. The van der Waals surface area contributed by atoms with Gasteiger partial charge in [-0.3, -0.25) is 0 Å². The summed E-state index contributed by atoms with van der Waals surface area (Å²) < 4.78 is 34.1. The van der Waals surface area contributed by atoms with E-state index in [1.165, 1.54) is 14.2 Å². The van der Waals surface area contributed by atoms with Crippen LogP contribution in [0.2, 0.25) is 0 Å². The fourth-order valence-electron chi connectivity index (χ4n) is 1.66. The van der Waals surface area contributed by atoms with E-state index in [2.05, 4.69) is 0 Å². The van der Waals surface area contributed by atoms with E-state index in [9.17, 15) is 8.42 Å². The van der Waals surface area contributed by atoms with Gasteiger partial charge in [0.2, 0.25) is 0 Å². The maximum atomic E-state index is 11.9. The lowest BCUT2D eigenvalue weighted by Gasteiger charge is -2.10. The van der Waals surface area contributed by atoms with Crippen molar-refractivity contribution >= 4 is 9.84 Å².